The van der Waals surface area contributed by atoms with Crippen LogP contribution in [0.5, 0.6) is 0 Å². The maximum absolute atomic E-state index is 12.4. The van der Waals surface area contributed by atoms with Crippen LogP contribution in [0.15, 0.2) is 48.5 Å². The normalized spacial score (nSPS) is 17.4. The summed E-state index contributed by atoms with van der Waals surface area (Å²) >= 11 is 6.01. The molecule has 0 aromatic heterocycles. The van der Waals surface area contributed by atoms with E-state index in [1.54, 1.807) is 18.2 Å². The maximum Gasteiger partial charge on any atom is 0.163 e. The van der Waals surface area contributed by atoms with Gasteiger partial charge in [-0.25, -0.2) is 0 Å². The van der Waals surface area contributed by atoms with Gasteiger partial charge in [0.15, 0.2) is 5.78 Å². The van der Waals surface area contributed by atoms with Crippen LogP contribution >= 0.6 is 11.6 Å². The third-order valence-corrected chi connectivity index (χ3v) is 4.23. The van der Waals surface area contributed by atoms with Crippen molar-refractivity contribution in [3.63, 3.8) is 0 Å². The number of carbonyl (C=O) groups is 2. The van der Waals surface area contributed by atoms with Gasteiger partial charge in [-0.05, 0) is 29.7 Å². The molecule has 106 valence electrons. The summed E-state index contributed by atoms with van der Waals surface area (Å²) < 4.78 is 0. The Morgan fingerprint density at radius 3 is 2.62 bits per heavy atom. The number of Topliss-reactive ketones (excluding diaryl/α,β-unsaturated/α-hetero) is 2. The van der Waals surface area contributed by atoms with Gasteiger partial charge in [0.1, 0.15) is 5.78 Å². The van der Waals surface area contributed by atoms with E-state index in [1.807, 2.05) is 30.3 Å². The molecule has 3 heteroatoms. The van der Waals surface area contributed by atoms with E-state index in [0.29, 0.717) is 23.4 Å². The molecular formula is C18H15ClO2. The van der Waals surface area contributed by atoms with Crippen molar-refractivity contribution in [2.45, 2.75) is 25.2 Å². The highest BCUT2D eigenvalue weighted by Gasteiger charge is 2.29. The second kappa shape index (κ2) is 5.82. The maximum atomic E-state index is 12.4. The third-order valence-electron chi connectivity index (χ3n) is 4.00. The molecule has 0 spiro atoms. The van der Waals surface area contributed by atoms with Gasteiger partial charge in [0.2, 0.25) is 0 Å². The van der Waals surface area contributed by atoms with Crippen molar-refractivity contribution in [3.05, 3.63) is 70.2 Å². The molecule has 2 aromatic carbocycles. The van der Waals surface area contributed by atoms with Crippen LogP contribution in [0, 0.1) is 0 Å². The number of aryl methyl sites for hydroxylation is 1. The largest absolute Gasteiger partial charge is 0.299 e. The first-order valence-corrected chi connectivity index (χ1v) is 7.42. The average Bonchev–Trinajstić information content (AvgIpc) is 2.51. The molecule has 0 aliphatic heterocycles. The molecule has 3 rings (SSSR count). The summed E-state index contributed by atoms with van der Waals surface area (Å²) in [5, 5.41) is 0.677. The minimum Gasteiger partial charge on any atom is -0.299 e. The van der Waals surface area contributed by atoms with E-state index in [2.05, 4.69) is 0 Å². The van der Waals surface area contributed by atoms with E-state index in [4.69, 9.17) is 11.6 Å². The number of rotatable bonds is 3. The van der Waals surface area contributed by atoms with E-state index in [-0.39, 0.29) is 23.9 Å². The zero-order valence-electron chi connectivity index (χ0n) is 11.5. The van der Waals surface area contributed by atoms with Gasteiger partial charge < -0.3 is 0 Å². The summed E-state index contributed by atoms with van der Waals surface area (Å²) in [7, 11) is 0. The van der Waals surface area contributed by atoms with Crippen LogP contribution < -0.4 is 0 Å². The molecular weight excluding hydrogens is 284 g/mol. The minimum atomic E-state index is -0.335. The van der Waals surface area contributed by atoms with Crippen molar-refractivity contribution in [1.29, 1.82) is 0 Å². The van der Waals surface area contributed by atoms with Crippen molar-refractivity contribution < 1.29 is 9.59 Å². The van der Waals surface area contributed by atoms with Gasteiger partial charge in [-0.2, -0.15) is 0 Å². The van der Waals surface area contributed by atoms with Crippen LogP contribution in [-0.4, -0.2) is 11.6 Å². The Morgan fingerprint density at radius 1 is 1.10 bits per heavy atom. The molecule has 0 heterocycles. The number of benzene rings is 2. The van der Waals surface area contributed by atoms with Crippen molar-refractivity contribution >= 4 is 23.2 Å². The van der Waals surface area contributed by atoms with Gasteiger partial charge in [0, 0.05) is 23.4 Å². The topological polar surface area (TPSA) is 34.1 Å². The van der Waals surface area contributed by atoms with Crippen molar-refractivity contribution in [2.24, 2.45) is 0 Å². The Hall–Kier alpha value is -1.93. The fourth-order valence-corrected chi connectivity index (χ4v) is 3.08. The van der Waals surface area contributed by atoms with Crippen LogP contribution in [0.3, 0.4) is 0 Å². The van der Waals surface area contributed by atoms with E-state index >= 15 is 0 Å². The summed E-state index contributed by atoms with van der Waals surface area (Å²) in [5.41, 5.74) is 2.71. The van der Waals surface area contributed by atoms with Crippen LogP contribution in [0.2, 0.25) is 5.02 Å². The summed E-state index contributed by atoms with van der Waals surface area (Å²) in [4.78, 5) is 24.6. The Bertz CT molecular complexity index is 692. The van der Waals surface area contributed by atoms with E-state index in [9.17, 15) is 9.59 Å². The molecule has 2 aromatic rings. The molecule has 2 nitrogen and oxygen atoms in total. The SMILES string of the molecule is O=C(C[C@H]1C(=O)CCc2cc(Cl)ccc21)c1ccccc1. The summed E-state index contributed by atoms with van der Waals surface area (Å²) in [6, 6.07) is 14.7. The first-order chi connectivity index (χ1) is 10.1. The summed E-state index contributed by atoms with van der Waals surface area (Å²) in [6.45, 7) is 0. The van der Waals surface area contributed by atoms with Crippen LogP contribution in [0.1, 0.15) is 40.2 Å². The lowest BCUT2D eigenvalue weighted by Gasteiger charge is -2.24. The predicted octanol–water partition coefficient (Wildman–Crippen LogP) is 4.21. The first kappa shape index (κ1) is 14.0. The van der Waals surface area contributed by atoms with E-state index in [1.165, 1.54) is 0 Å². The molecule has 0 bridgehead atoms. The fourth-order valence-electron chi connectivity index (χ4n) is 2.89. The lowest BCUT2D eigenvalue weighted by molar-refractivity contribution is -0.120. The van der Waals surface area contributed by atoms with E-state index < -0.39 is 0 Å². The van der Waals surface area contributed by atoms with Crippen LogP contribution in [0.25, 0.3) is 0 Å². The highest BCUT2D eigenvalue weighted by molar-refractivity contribution is 6.30. The molecule has 0 saturated heterocycles. The van der Waals surface area contributed by atoms with Gasteiger partial charge >= 0.3 is 0 Å². The molecule has 0 N–H and O–H groups in total. The Kier molecular flexibility index (Phi) is 3.89. The number of ketones is 2. The number of halogens is 1. The van der Waals surface area contributed by atoms with Crippen molar-refractivity contribution in [2.75, 3.05) is 0 Å². The Morgan fingerprint density at radius 2 is 1.86 bits per heavy atom. The zero-order chi connectivity index (χ0) is 14.8. The summed E-state index contributed by atoms with van der Waals surface area (Å²) in [6.07, 6.45) is 1.43. The summed E-state index contributed by atoms with van der Waals surface area (Å²) in [5.74, 6) is -0.176. The highest BCUT2D eigenvalue weighted by atomic mass is 35.5. The van der Waals surface area contributed by atoms with Crippen LogP contribution in [0.4, 0.5) is 0 Å². The average molecular weight is 299 g/mol. The van der Waals surface area contributed by atoms with Crippen molar-refractivity contribution in [1.82, 2.24) is 0 Å². The van der Waals surface area contributed by atoms with Gasteiger partial charge in [-0.15, -0.1) is 0 Å². The van der Waals surface area contributed by atoms with Gasteiger partial charge in [-0.1, -0.05) is 48.0 Å². The predicted molar refractivity (Wildman–Crippen MR) is 82.9 cm³/mol. The molecule has 0 unspecified atom stereocenters. The smallest absolute Gasteiger partial charge is 0.163 e. The zero-order valence-corrected chi connectivity index (χ0v) is 12.3. The molecule has 1 aliphatic carbocycles. The lowest BCUT2D eigenvalue weighted by Crippen LogP contribution is -2.23. The van der Waals surface area contributed by atoms with Gasteiger partial charge in [0.25, 0.3) is 0 Å². The molecule has 0 fully saturated rings. The molecule has 1 atom stereocenters. The molecule has 0 radical (unpaired) electrons. The number of fused-ring (bicyclic) bond motifs is 1. The number of carbonyl (C=O) groups excluding carboxylic acids is 2. The molecule has 0 amide bonds. The highest BCUT2D eigenvalue weighted by Crippen LogP contribution is 2.33. The fraction of sp³-hybridized carbons (Fsp3) is 0.222. The van der Waals surface area contributed by atoms with E-state index in [0.717, 1.165) is 11.1 Å². The van der Waals surface area contributed by atoms with Crippen LogP contribution in [-0.2, 0) is 11.2 Å². The van der Waals surface area contributed by atoms with Crippen molar-refractivity contribution in [3.8, 4) is 0 Å². The standard InChI is InChI=1S/C18H15ClO2/c19-14-7-8-15-13(10-14)6-9-17(20)16(15)11-18(21)12-4-2-1-3-5-12/h1-5,7-8,10,16H,6,9,11H2/t16-/m1/s1. The minimum absolute atomic E-state index is 0.0109. The Labute approximate surface area is 128 Å². The Balaban J connectivity index is 1.89. The lowest BCUT2D eigenvalue weighted by atomic mass is 9.79. The van der Waals surface area contributed by atoms with Gasteiger partial charge in [0.05, 0.1) is 5.92 Å². The molecule has 0 saturated carbocycles. The quantitative estimate of drug-likeness (QED) is 0.795. The first-order valence-electron chi connectivity index (χ1n) is 7.04. The molecule has 21 heavy (non-hydrogen) atoms. The number of hydrogen-bond acceptors (Lipinski definition) is 2. The second-order valence-electron chi connectivity index (χ2n) is 5.36. The monoisotopic (exact) mass is 298 g/mol. The molecule has 1 aliphatic rings. The third kappa shape index (κ3) is 2.91. The second-order valence-corrected chi connectivity index (χ2v) is 5.79. The number of hydrogen-bond donors (Lipinski definition) is 0. The van der Waals surface area contributed by atoms with Gasteiger partial charge in [-0.3, -0.25) is 9.59 Å².